The minimum atomic E-state index is 0.403. The molecule has 1 amide bonds. The Morgan fingerprint density at radius 1 is 1.14 bits per heavy atom. The van der Waals surface area contributed by atoms with Gasteiger partial charge in [-0.2, -0.15) is 5.26 Å². The summed E-state index contributed by atoms with van der Waals surface area (Å²) >= 11 is 0. The fourth-order valence-corrected chi connectivity index (χ4v) is 2.65. The first-order chi connectivity index (χ1) is 14.1. The van der Waals surface area contributed by atoms with Gasteiger partial charge in [0.25, 0.3) is 0 Å². The van der Waals surface area contributed by atoms with Crippen LogP contribution in [-0.4, -0.2) is 18.4 Å². The number of nitrogens with zero attached hydrogens (tertiary/aromatic N) is 2. The normalized spacial score (nSPS) is 9.45. The molecule has 0 spiro atoms. The van der Waals surface area contributed by atoms with Crippen molar-refractivity contribution in [1.29, 1.82) is 5.26 Å². The van der Waals surface area contributed by atoms with Gasteiger partial charge >= 0.3 is 0 Å². The molecule has 0 saturated carbocycles. The summed E-state index contributed by atoms with van der Waals surface area (Å²) in [6, 6.07) is 21.3. The standard InChI is InChI=1S/C21H19N3O.CH4N2O/c1-15-5-3-7-20(23-2)18(15)14-25-21-8-4-6-19(24-21)17-11-9-16(13-22)10-12-17;2-3-1-4/h3-12,23H,14H2,1-2H3;1H,2H2,(H,3,4). The van der Waals surface area contributed by atoms with E-state index in [2.05, 4.69) is 35.2 Å². The number of nitrogens with one attached hydrogen (secondary N) is 2. The highest BCUT2D eigenvalue weighted by atomic mass is 16.5. The van der Waals surface area contributed by atoms with Gasteiger partial charge in [-0.15, -0.1) is 0 Å². The van der Waals surface area contributed by atoms with Gasteiger partial charge in [-0.1, -0.05) is 30.3 Å². The van der Waals surface area contributed by atoms with Gasteiger partial charge in [-0.25, -0.2) is 10.8 Å². The number of hydrogen-bond acceptors (Lipinski definition) is 6. The van der Waals surface area contributed by atoms with Crippen LogP contribution < -0.4 is 21.3 Å². The molecule has 0 saturated heterocycles. The van der Waals surface area contributed by atoms with Crippen molar-refractivity contribution in [2.24, 2.45) is 5.84 Å². The molecule has 1 aromatic heterocycles. The quantitative estimate of drug-likeness (QED) is 0.258. The Morgan fingerprint density at radius 3 is 2.45 bits per heavy atom. The molecule has 3 rings (SSSR count). The van der Waals surface area contributed by atoms with Crippen molar-refractivity contribution in [2.75, 3.05) is 12.4 Å². The highest BCUT2D eigenvalue weighted by Gasteiger charge is 2.07. The van der Waals surface area contributed by atoms with Crippen molar-refractivity contribution in [3.8, 4) is 23.2 Å². The number of rotatable bonds is 6. The van der Waals surface area contributed by atoms with Crippen LogP contribution in [0.1, 0.15) is 16.7 Å². The monoisotopic (exact) mass is 389 g/mol. The van der Waals surface area contributed by atoms with E-state index in [1.165, 1.54) is 5.56 Å². The van der Waals surface area contributed by atoms with E-state index in [9.17, 15) is 0 Å². The van der Waals surface area contributed by atoms with Crippen LogP contribution in [0.4, 0.5) is 5.69 Å². The number of aromatic nitrogens is 1. The zero-order valence-corrected chi connectivity index (χ0v) is 16.3. The summed E-state index contributed by atoms with van der Waals surface area (Å²) in [6.07, 6.45) is 0.403. The Bertz CT molecular complexity index is 981. The predicted octanol–water partition coefficient (Wildman–Crippen LogP) is 3.16. The first-order valence-corrected chi connectivity index (χ1v) is 8.89. The third-order valence-electron chi connectivity index (χ3n) is 4.15. The van der Waals surface area contributed by atoms with Gasteiger partial charge in [-0.3, -0.25) is 10.2 Å². The maximum absolute atomic E-state index is 8.94. The van der Waals surface area contributed by atoms with Crippen molar-refractivity contribution in [3.63, 3.8) is 0 Å². The number of benzene rings is 2. The number of amides is 1. The van der Waals surface area contributed by atoms with Crippen molar-refractivity contribution >= 4 is 12.1 Å². The molecule has 2 aromatic carbocycles. The summed E-state index contributed by atoms with van der Waals surface area (Å²) in [5.41, 5.74) is 7.51. The van der Waals surface area contributed by atoms with Crippen LogP contribution in [0, 0.1) is 18.3 Å². The summed E-state index contributed by atoms with van der Waals surface area (Å²) in [4.78, 5) is 13.5. The van der Waals surface area contributed by atoms with E-state index in [-0.39, 0.29) is 0 Å². The average molecular weight is 389 g/mol. The fraction of sp³-hybridized carbons (Fsp3) is 0.136. The van der Waals surface area contributed by atoms with Crippen molar-refractivity contribution < 1.29 is 9.53 Å². The molecular weight excluding hydrogens is 366 g/mol. The summed E-state index contributed by atoms with van der Waals surface area (Å²) < 4.78 is 5.92. The number of nitriles is 1. The number of nitrogens with two attached hydrogens (primary N) is 1. The molecule has 0 aliphatic rings. The molecule has 0 unspecified atom stereocenters. The topological polar surface area (TPSA) is 113 Å². The van der Waals surface area contributed by atoms with Crippen LogP contribution in [0.5, 0.6) is 5.88 Å². The molecule has 7 heteroatoms. The number of hydrazine groups is 1. The zero-order valence-electron chi connectivity index (χ0n) is 16.3. The molecule has 3 aromatic rings. The summed E-state index contributed by atoms with van der Waals surface area (Å²) in [7, 11) is 1.90. The first-order valence-electron chi connectivity index (χ1n) is 8.89. The van der Waals surface area contributed by atoms with Gasteiger partial charge in [0.05, 0.1) is 17.3 Å². The third kappa shape index (κ3) is 6.06. The third-order valence-corrected chi connectivity index (χ3v) is 4.15. The van der Waals surface area contributed by atoms with E-state index in [1.807, 2.05) is 49.5 Å². The molecule has 29 heavy (non-hydrogen) atoms. The SMILES string of the molecule is CNc1cccc(C)c1COc1cccc(-c2ccc(C#N)cc2)n1.NNC=O. The number of anilines is 1. The molecule has 1 heterocycles. The fourth-order valence-electron chi connectivity index (χ4n) is 2.65. The molecule has 0 aliphatic heterocycles. The van der Waals surface area contributed by atoms with Gasteiger partial charge in [0.1, 0.15) is 6.61 Å². The minimum Gasteiger partial charge on any atom is -0.473 e. The molecule has 0 fully saturated rings. The van der Waals surface area contributed by atoms with E-state index >= 15 is 0 Å². The van der Waals surface area contributed by atoms with Crippen LogP contribution in [-0.2, 0) is 11.4 Å². The van der Waals surface area contributed by atoms with Gasteiger partial charge in [0, 0.05) is 29.9 Å². The Hall–Kier alpha value is -3.89. The summed E-state index contributed by atoms with van der Waals surface area (Å²) in [5.74, 6) is 4.99. The molecule has 0 aliphatic carbocycles. The second-order valence-electron chi connectivity index (χ2n) is 5.97. The van der Waals surface area contributed by atoms with E-state index in [0.29, 0.717) is 24.5 Å². The molecule has 7 nitrogen and oxygen atoms in total. The molecule has 0 atom stereocenters. The van der Waals surface area contributed by atoms with E-state index < -0.39 is 0 Å². The number of hydrogen-bond donors (Lipinski definition) is 3. The second kappa shape index (κ2) is 11.1. The highest BCUT2D eigenvalue weighted by Crippen LogP contribution is 2.23. The maximum Gasteiger partial charge on any atom is 0.221 e. The Kier molecular flexibility index (Phi) is 8.17. The number of ether oxygens (including phenoxy) is 1. The van der Waals surface area contributed by atoms with E-state index in [0.717, 1.165) is 22.5 Å². The van der Waals surface area contributed by atoms with Crippen LogP contribution in [0.2, 0.25) is 0 Å². The highest BCUT2D eigenvalue weighted by molar-refractivity contribution is 5.60. The number of pyridine rings is 1. The van der Waals surface area contributed by atoms with Crippen LogP contribution in [0.15, 0.2) is 60.7 Å². The van der Waals surface area contributed by atoms with Gasteiger partial charge in [0.15, 0.2) is 0 Å². The lowest BCUT2D eigenvalue weighted by Gasteiger charge is -2.13. The van der Waals surface area contributed by atoms with Gasteiger partial charge in [0.2, 0.25) is 12.3 Å². The Labute approximate surface area is 170 Å². The van der Waals surface area contributed by atoms with Crippen molar-refractivity contribution in [1.82, 2.24) is 10.4 Å². The molecular formula is C22H23N5O2. The van der Waals surface area contributed by atoms with Crippen molar-refractivity contribution in [3.05, 3.63) is 77.4 Å². The number of carbonyl (C=O) groups excluding carboxylic acids is 1. The second-order valence-corrected chi connectivity index (χ2v) is 5.97. The van der Waals surface area contributed by atoms with E-state index in [4.69, 9.17) is 14.8 Å². The van der Waals surface area contributed by atoms with E-state index in [1.54, 1.807) is 17.6 Å². The first kappa shape index (κ1) is 21.4. The lowest BCUT2D eigenvalue weighted by atomic mass is 10.1. The van der Waals surface area contributed by atoms with Crippen molar-refractivity contribution in [2.45, 2.75) is 13.5 Å². The van der Waals surface area contributed by atoms with Crippen LogP contribution in [0.25, 0.3) is 11.3 Å². The average Bonchev–Trinajstić information content (AvgIpc) is 2.78. The van der Waals surface area contributed by atoms with Crippen LogP contribution in [0.3, 0.4) is 0 Å². The Morgan fingerprint density at radius 2 is 1.83 bits per heavy atom. The minimum absolute atomic E-state index is 0.403. The zero-order chi connectivity index (χ0) is 21.1. The Balaban J connectivity index is 0.000000687. The van der Waals surface area contributed by atoms with Gasteiger partial charge < -0.3 is 10.1 Å². The summed E-state index contributed by atoms with van der Waals surface area (Å²) in [5, 5.41) is 12.1. The largest absolute Gasteiger partial charge is 0.473 e. The molecule has 0 radical (unpaired) electrons. The summed E-state index contributed by atoms with van der Waals surface area (Å²) in [6.45, 7) is 2.52. The maximum atomic E-state index is 8.94. The molecule has 148 valence electrons. The lowest BCUT2D eigenvalue weighted by Crippen LogP contribution is -2.18. The van der Waals surface area contributed by atoms with Crippen LogP contribution >= 0.6 is 0 Å². The molecule has 4 N–H and O–H groups in total. The molecule has 0 bridgehead atoms. The number of aryl methyl sites for hydroxylation is 1. The predicted molar refractivity (Wildman–Crippen MR) is 113 cm³/mol. The number of carbonyl (C=O) groups is 1. The smallest absolute Gasteiger partial charge is 0.221 e. The lowest BCUT2D eigenvalue weighted by molar-refractivity contribution is -0.109. The van der Waals surface area contributed by atoms with Gasteiger partial charge in [-0.05, 0) is 36.8 Å².